The monoisotopic (exact) mass is 251 g/mol. The Morgan fingerprint density at radius 1 is 1.61 bits per heavy atom. The molecule has 1 aliphatic carbocycles. The molecular weight excluding hydrogens is 230 g/mol. The van der Waals surface area contributed by atoms with Crippen molar-refractivity contribution >= 4 is 5.91 Å². The van der Waals surface area contributed by atoms with Crippen LogP contribution in [-0.2, 0) is 4.79 Å². The lowest BCUT2D eigenvalue weighted by Crippen LogP contribution is -2.38. The van der Waals surface area contributed by atoms with Crippen LogP contribution < -0.4 is 5.32 Å². The van der Waals surface area contributed by atoms with Gasteiger partial charge in [0.25, 0.3) is 0 Å². The Labute approximate surface area is 107 Å². The van der Waals surface area contributed by atoms with Gasteiger partial charge in [-0.3, -0.25) is 4.79 Å². The number of aliphatic hydroxyl groups excluding tert-OH is 1. The summed E-state index contributed by atoms with van der Waals surface area (Å²) in [6.45, 7) is 1.71. The third-order valence-corrected chi connectivity index (χ3v) is 3.52. The van der Waals surface area contributed by atoms with E-state index in [2.05, 4.69) is 14.9 Å². The zero-order valence-electron chi connectivity index (χ0n) is 10.7. The molecule has 2 N–H and O–H groups in total. The van der Waals surface area contributed by atoms with E-state index in [1.54, 1.807) is 13.1 Å². The van der Waals surface area contributed by atoms with Crippen LogP contribution in [0, 0.1) is 0 Å². The Balaban J connectivity index is 1.86. The van der Waals surface area contributed by atoms with Gasteiger partial charge in [0.2, 0.25) is 5.91 Å². The van der Waals surface area contributed by atoms with Crippen LogP contribution in [0.1, 0.15) is 45.1 Å². The van der Waals surface area contributed by atoms with Gasteiger partial charge in [0.1, 0.15) is 0 Å². The molecule has 0 aromatic carbocycles. The smallest absolute Gasteiger partial charge is 0.220 e. The van der Waals surface area contributed by atoms with E-state index in [1.807, 2.05) is 12.5 Å². The SMILES string of the molecule is CC(O)CCC(=O)NC1CCCC1n1ccnc1. The van der Waals surface area contributed by atoms with E-state index >= 15 is 0 Å². The molecule has 2 rings (SSSR count). The number of imidazole rings is 1. The van der Waals surface area contributed by atoms with Crippen LogP contribution >= 0.6 is 0 Å². The standard InChI is InChI=1S/C13H21N3O2/c1-10(17)5-6-13(18)15-11-3-2-4-12(11)16-8-7-14-9-16/h7-12,17H,2-6H2,1H3,(H,15,18). The highest BCUT2D eigenvalue weighted by atomic mass is 16.3. The second kappa shape index (κ2) is 6.00. The number of nitrogens with one attached hydrogen (secondary N) is 1. The van der Waals surface area contributed by atoms with Crippen molar-refractivity contribution in [1.29, 1.82) is 0 Å². The lowest BCUT2D eigenvalue weighted by atomic mass is 10.1. The number of nitrogens with zero attached hydrogens (tertiary/aromatic N) is 2. The predicted molar refractivity (Wildman–Crippen MR) is 68.0 cm³/mol. The topological polar surface area (TPSA) is 67.2 Å². The minimum atomic E-state index is -0.413. The van der Waals surface area contributed by atoms with Gasteiger partial charge in [-0.25, -0.2) is 4.98 Å². The zero-order chi connectivity index (χ0) is 13.0. The molecule has 5 nitrogen and oxygen atoms in total. The van der Waals surface area contributed by atoms with Crippen molar-refractivity contribution in [2.24, 2.45) is 0 Å². The molecule has 1 aromatic heterocycles. The zero-order valence-corrected chi connectivity index (χ0v) is 10.7. The molecule has 0 saturated heterocycles. The quantitative estimate of drug-likeness (QED) is 0.827. The average molecular weight is 251 g/mol. The van der Waals surface area contributed by atoms with Crippen molar-refractivity contribution in [3.8, 4) is 0 Å². The number of carbonyl (C=O) groups is 1. The maximum atomic E-state index is 11.8. The van der Waals surface area contributed by atoms with E-state index in [9.17, 15) is 9.90 Å². The fourth-order valence-corrected chi connectivity index (χ4v) is 2.55. The minimum absolute atomic E-state index is 0.0351. The molecule has 3 unspecified atom stereocenters. The number of rotatable bonds is 5. The second-order valence-electron chi connectivity index (χ2n) is 5.07. The van der Waals surface area contributed by atoms with Gasteiger partial charge in [-0.1, -0.05) is 0 Å². The summed E-state index contributed by atoms with van der Waals surface area (Å²) in [6.07, 6.45) is 9.26. The van der Waals surface area contributed by atoms with E-state index in [0.717, 1.165) is 19.3 Å². The van der Waals surface area contributed by atoms with Gasteiger partial charge in [0, 0.05) is 24.9 Å². The number of aromatic nitrogens is 2. The van der Waals surface area contributed by atoms with E-state index in [-0.39, 0.29) is 11.9 Å². The summed E-state index contributed by atoms with van der Waals surface area (Å²) in [6, 6.07) is 0.517. The highest BCUT2D eigenvalue weighted by Gasteiger charge is 2.29. The van der Waals surface area contributed by atoms with Crippen molar-refractivity contribution in [3.05, 3.63) is 18.7 Å². The molecule has 1 aliphatic rings. The van der Waals surface area contributed by atoms with Gasteiger partial charge >= 0.3 is 0 Å². The molecule has 1 heterocycles. The summed E-state index contributed by atoms with van der Waals surface area (Å²) in [5.41, 5.74) is 0. The van der Waals surface area contributed by atoms with Crippen LogP contribution in [0.2, 0.25) is 0 Å². The van der Waals surface area contributed by atoms with Crippen molar-refractivity contribution < 1.29 is 9.90 Å². The lowest BCUT2D eigenvalue weighted by molar-refractivity contribution is -0.122. The van der Waals surface area contributed by atoms with Gasteiger partial charge in [-0.05, 0) is 32.6 Å². The van der Waals surface area contributed by atoms with Crippen LogP contribution in [0.15, 0.2) is 18.7 Å². The Bertz CT molecular complexity index is 376. The van der Waals surface area contributed by atoms with Gasteiger partial charge < -0.3 is 15.0 Å². The second-order valence-corrected chi connectivity index (χ2v) is 5.07. The maximum Gasteiger partial charge on any atom is 0.220 e. The summed E-state index contributed by atoms with van der Waals surface area (Å²) in [5, 5.41) is 12.2. The first-order chi connectivity index (χ1) is 8.66. The first-order valence-corrected chi connectivity index (χ1v) is 6.61. The number of hydrogen-bond donors (Lipinski definition) is 2. The van der Waals surface area contributed by atoms with Gasteiger partial charge in [0.05, 0.1) is 18.5 Å². The molecule has 100 valence electrons. The third kappa shape index (κ3) is 3.32. The fraction of sp³-hybridized carbons (Fsp3) is 0.692. The minimum Gasteiger partial charge on any atom is -0.393 e. The van der Waals surface area contributed by atoms with Crippen LogP contribution in [0.3, 0.4) is 0 Å². The first-order valence-electron chi connectivity index (χ1n) is 6.61. The predicted octanol–water partition coefficient (Wildman–Crippen LogP) is 1.25. The Kier molecular flexibility index (Phi) is 4.36. The van der Waals surface area contributed by atoms with E-state index < -0.39 is 6.10 Å². The van der Waals surface area contributed by atoms with E-state index in [0.29, 0.717) is 18.9 Å². The third-order valence-electron chi connectivity index (χ3n) is 3.52. The van der Waals surface area contributed by atoms with Crippen LogP contribution in [0.5, 0.6) is 0 Å². The number of hydrogen-bond acceptors (Lipinski definition) is 3. The number of aliphatic hydroxyl groups is 1. The number of carbonyl (C=O) groups excluding carboxylic acids is 1. The van der Waals surface area contributed by atoms with Crippen molar-refractivity contribution in [1.82, 2.24) is 14.9 Å². The van der Waals surface area contributed by atoms with Gasteiger partial charge in [-0.15, -0.1) is 0 Å². The number of amides is 1. The molecule has 1 fully saturated rings. The van der Waals surface area contributed by atoms with Crippen molar-refractivity contribution in [2.45, 2.75) is 57.2 Å². The summed E-state index contributed by atoms with van der Waals surface area (Å²) in [4.78, 5) is 15.8. The molecule has 5 heteroatoms. The largest absolute Gasteiger partial charge is 0.393 e. The molecule has 0 spiro atoms. The molecule has 0 aliphatic heterocycles. The summed E-state index contributed by atoms with van der Waals surface area (Å²) < 4.78 is 2.08. The molecule has 0 radical (unpaired) electrons. The van der Waals surface area contributed by atoms with Crippen molar-refractivity contribution in [2.75, 3.05) is 0 Å². The molecular formula is C13H21N3O2. The highest BCUT2D eigenvalue weighted by molar-refractivity contribution is 5.76. The van der Waals surface area contributed by atoms with Crippen LogP contribution in [-0.4, -0.2) is 32.7 Å². The van der Waals surface area contributed by atoms with E-state index in [4.69, 9.17) is 0 Å². The molecule has 0 bridgehead atoms. The normalized spacial score (nSPS) is 25.0. The molecule has 18 heavy (non-hydrogen) atoms. The van der Waals surface area contributed by atoms with Crippen molar-refractivity contribution in [3.63, 3.8) is 0 Å². The molecule has 3 atom stereocenters. The van der Waals surface area contributed by atoms with Crippen LogP contribution in [0.25, 0.3) is 0 Å². The highest BCUT2D eigenvalue weighted by Crippen LogP contribution is 2.29. The molecule has 1 aromatic rings. The molecule has 1 amide bonds. The summed E-state index contributed by atoms with van der Waals surface area (Å²) in [5.74, 6) is 0.0351. The van der Waals surface area contributed by atoms with Crippen LogP contribution in [0.4, 0.5) is 0 Å². The molecule has 1 saturated carbocycles. The fourth-order valence-electron chi connectivity index (χ4n) is 2.55. The van der Waals surface area contributed by atoms with Gasteiger partial charge in [0.15, 0.2) is 0 Å². The Hall–Kier alpha value is -1.36. The first kappa shape index (κ1) is 13.1. The Morgan fingerprint density at radius 2 is 2.44 bits per heavy atom. The summed E-state index contributed by atoms with van der Waals surface area (Å²) in [7, 11) is 0. The average Bonchev–Trinajstić information content (AvgIpc) is 2.95. The van der Waals surface area contributed by atoms with E-state index in [1.165, 1.54) is 0 Å². The lowest BCUT2D eigenvalue weighted by Gasteiger charge is -2.22. The van der Waals surface area contributed by atoms with Gasteiger partial charge in [-0.2, -0.15) is 0 Å². The summed E-state index contributed by atoms with van der Waals surface area (Å²) >= 11 is 0. The maximum absolute atomic E-state index is 11.8. The Morgan fingerprint density at radius 3 is 3.11 bits per heavy atom.